The van der Waals surface area contributed by atoms with Crippen LogP contribution in [0.15, 0.2) is 18.8 Å². The van der Waals surface area contributed by atoms with Crippen LogP contribution in [-0.2, 0) is 4.79 Å². The molecule has 0 amide bonds. The summed E-state index contributed by atoms with van der Waals surface area (Å²) < 4.78 is 0. The smallest absolute Gasteiger partial charge is 0.147 e. The first kappa shape index (κ1) is 12.1. The Morgan fingerprint density at radius 2 is 2.18 bits per heavy atom. The topological polar surface area (TPSA) is 33.2 Å². The number of pyridine rings is 1. The minimum absolute atomic E-state index is 0.192. The molecule has 0 aromatic carbocycles. The van der Waals surface area contributed by atoms with Crippen molar-refractivity contribution in [2.45, 2.75) is 12.8 Å². The predicted molar refractivity (Wildman–Crippen MR) is 70.3 cm³/mol. The highest BCUT2D eigenvalue weighted by molar-refractivity contribution is 6.33. The maximum absolute atomic E-state index is 10.7. The fourth-order valence-electron chi connectivity index (χ4n) is 2.04. The lowest BCUT2D eigenvalue weighted by Gasteiger charge is -2.31. The molecule has 2 rings (SSSR count). The molecule has 0 N–H and O–H groups in total. The molecule has 90 valence electrons. The SMILES string of the molecule is C=Cc1cnc(N2CCC(C=O)CC2)c(Cl)c1. The van der Waals surface area contributed by atoms with Crippen molar-refractivity contribution in [3.8, 4) is 0 Å². The van der Waals surface area contributed by atoms with Crippen molar-refractivity contribution in [3.05, 3.63) is 29.4 Å². The molecular formula is C13H15ClN2O. The van der Waals surface area contributed by atoms with E-state index in [0.29, 0.717) is 5.02 Å². The molecule has 2 heterocycles. The van der Waals surface area contributed by atoms with Crippen molar-refractivity contribution < 1.29 is 4.79 Å². The summed E-state index contributed by atoms with van der Waals surface area (Å²) >= 11 is 6.19. The minimum Gasteiger partial charge on any atom is -0.355 e. The van der Waals surface area contributed by atoms with Crippen molar-refractivity contribution >= 4 is 29.8 Å². The van der Waals surface area contributed by atoms with Gasteiger partial charge in [-0.2, -0.15) is 0 Å². The monoisotopic (exact) mass is 250 g/mol. The predicted octanol–water partition coefficient (Wildman–Crippen LogP) is 2.79. The van der Waals surface area contributed by atoms with Gasteiger partial charge in [0.05, 0.1) is 5.02 Å². The van der Waals surface area contributed by atoms with Gasteiger partial charge in [-0.25, -0.2) is 4.98 Å². The van der Waals surface area contributed by atoms with Crippen LogP contribution in [0.1, 0.15) is 18.4 Å². The first-order chi connectivity index (χ1) is 8.24. The van der Waals surface area contributed by atoms with Crippen molar-refractivity contribution in [1.82, 2.24) is 4.98 Å². The Bertz CT molecular complexity index is 425. The first-order valence-electron chi connectivity index (χ1n) is 5.73. The third kappa shape index (κ3) is 2.67. The van der Waals surface area contributed by atoms with E-state index in [9.17, 15) is 4.79 Å². The summed E-state index contributed by atoms with van der Waals surface area (Å²) in [5.74, 6) is 0.999. The zero-order valence-electron chi connectivity index (χ0n) is 9.60. The summed E-state index contributed by atoms with van der Waals surface area (Å²) in [7, 11) is 0. The van der Waals surface area contributed by atoms with E-state index in [1.165, 1.54) is 0 Å². The molecule has 4 heteroatoms. The maximum Gasteiger partial charge on any atom is 0.147 e. The average molecular weight is 251 g/mol. The molecule has 17 heavy (non-hydrogen) atoms. The molecule has 0 bridgehead atoms. The van der Waals surface area contributed by atoms with Crippen LogP contribution in [-0.4, -0.2) is 24.4 Å². The molecule has 0 spiro atoms. The third-order valence-corrected chi connectivity index (χ3v) is 3.39. The molecular weight excluding hydrogens is 236 g/mol. The minimum atomic E-state index is 0.192. The van der Waals surface area contributed by atoms with E-state index in [1.807, 2.05) is 6.07 Å². The van der Waals surface area contributed by atoms with E-state index >= 15 is 0 Å². The molecule has 0 atom stereocenters. The molecule has 1 saturated heterocycles. The summed E-state index contributed by atoms with van der Waals surface area (Å²) in [6.45, 7) is 5.36. The van der Waals surface area contributed by atoms with Crippen LogP contribution in [0.5, 0.6) is 0 Å². The third-order valence-electron chi connectivity index (χ3n) is 3.11. The zero-order valence-corrected chi connectivity index (χ0v) is 10.4. The number of aromatic nitrogens is 1. The number of carbonyl (C=O) groups excluding carboxylic acids is 1. The van der Waals surface area contributed by atoms with Gasteiger partial charge >= 0.3 is 0 Å². The Morgan fingerprint density at radius 3 is 2.71 bits per heavy atom. The van der Waals surface area contributed by atoms with E-state index in [0.717, 1.165) is 43.6 Å². The molecule has 1 aliphatic rings. The van der Waals surface area contributed by atoms with Crippen molar-refractivity contribution in [3.63, 3.8) is 0 Å². The second-order valence-corrected chi connectivity index (χ2v) is 4.65. The highest BCUT2D eigenvalue weighted by Crippen LogP contribution is 2.28. The Morgan fingerprint density at radius 1 is 1.47 bits per heavy atom. The van der Waals surface area contributed by atoms with E-state index in [4.69, 9.17) is 11.6 Å². The van der Waals surface area contributed by atoms with Crippen molar-refractivity contribution in [1.29, 1.82) is 0 Å². The van der Waals surface area contributed by atoms with Gasteiger partial charge in [0.1, 0.15) is 12.1 Å². The number of aldehydes is 1. The summed E-state index contributed by atoms with van der Waals surface area (Å²) in [6.07, 6.45) is 6.30. The average Bonchev–Trinajstić information content (AvgIpc) is 2.39. The van der Waals surface area contributed by atoms with Gasteiger partial charge in [-0.15, -0.1) is 0 Å². The van der Waals surface area contributed by atoms with Crippen LogP contribution in [0.25, 0.3) is 6.08 Å². The van der Waals surface area contributed by atoms with Gasteiger partial charge in [-0.1, -0.05) is 24.3 Å². The van der Waals surface area contributed by atoms with Crippen LogP contribution in [0.2, 0.25) is 5.02 Å². The molecule has 3 nitrogen and oxygen atoms in total. The highest BCUT2D eigenvalue weighted by Gasteiger charge is 2.21. The van der Waals surface area contributed by atoms with Crippen molar-refractivity contribution in [2.24, 2.45) is 5.92 Å². The second-order valence-electron chi connectivity index (χ2n) is 4.24. The molecule has 1 aliphatic heterocycles. The number of hydrogen-bond acceptors (Lipinski definition) is 3. The van der Waals surface area contributed by atoms with Crippen LogP contribution in [0, 0.1) is 5.92 Å². The number of carbonyl (C=O) groups is 1. The zero-order chi connectivity index (χ0) is 12.3. The number of anilines is 1. The quantitative estimate of drug-likeness (QED) is 0.774. The fourth-order valence-corrected chi connectivity index (χ4v) is 2.33. The normalized spacial score (nSPS) is 16.9. The molecule has 0 saturated carbocycles. The number of nitrogens with zero attached hydrogens (tertiary/aromatic N) is 2. The molecule has 1 fully saturated rings. The van der Waals surface area contributed by atoms with E-state index in [1.54, 1.807) is 12.3 Å². The van der Waals surface area contributed by atoms with Crippen LogP contribution in [0.3, 0.4) is 0 Å². The summed E-state index contributed by atoms with van der Waals surface area (Å²) in [5, 5.41) is 0.645. The lowest BCUT2D eigenvalue weighted by Crippen LogP contribution is -2.34. The van der Waals surface area contributed by atoms with Gasteiger partial charge in [0.25, 0.3) is 0 Å². The number of hydrogen-bond donors (Lipinski definition) is 0. The van der Waals surface area contributed by atoms with Gasteiger partial charge in [0.2, 0.25) is 0 Å². The van der Waals surface area contributed by atoms with Gasteiger partial charge < -0.3 is 9.69 Å². The molecule has 0 aliphatic carbocycles. The molecule has 0 radical (unpaired) electrons. The van der Waals surface area contributed by atoms with Gasteiger partial charge in [0.15, 0.2) is 0 Å². The summed E-state index contributed by atoms with van der Waals surface area (Å²) in [5.41, 5.74) is 0.918. The Labute approximate surface area is 106 Å². The number of piperidine rings is 1. The Kier molecular flexibility index (Phi) is 3.79. The lowest BCUT2D eigenvalue weighted by atomic mass is 9.99. The summed E-state index contributed by atoms with van der Waals surface area (Å²) in [4.78, 5) is 17.2. The van der Waals surface area contributed by atoms with Crippen LogP contribution in [0.4, 0.5) is 5.82 Å². The Balaban J connectivity index is 2.13. The first-order valence-corrected chi connectivity index (χ1v) is 6.10. The van der Waals surface area contributed by atoms with E-state index in [-0.39, 0.29) is 5.92 Å². The largest absolute Gasteiger partial charge is 0.355 e. The molecule has 1 aromatic rings. The lowest BCUT2D eigenvalue weighted by molar-refractivity contribution is -0.111. The highest BCUT2D eigenvalue weighted by atomic mass is 35.5. The number of rotatable bonds is 3. The fraction of sp³-hybridized carbons (Fsp3) is 0.385. The number of halogens is 1. The Hall–Kier alpha value is -1.35. The maximum atomic E-state index is 10.7. The van der Waals surface area contributed by atoms with Crippen molar-refractivity contribution in [2.75, 3.05) is 18.0 Å². The standard InChI is InChI=1S/C13H15ClN2O/c1-2-10-7-12(14)13(15-8-10)16-5-3-11(9-17)4-6-16/h2,7-9,11H,1,3-6H2. The van der Waals surface area contributed by atoms with E-state index in [2.05, 4.69) is 16.5 Å². The van der Waals surface area contributed by atoms with Gasteiger partial charge in [-0.3, -0.25) is 0 Å². The molecule has 1 aromatic heterocycles. The molecule has 0 unspecified atom stereocenters. The van der Waals surface area contributed by atoms with Gasteiger partial charge in [0, 0.05) is 25.2 Å². The van der Waals surface area contributed by atoms with Crippen LogP contribution >= 0.6 is 11.6 Å². The summed E-state index contributed by atoms with van der Waals surface area (Å²) in [6, 6.07) is 1.86. The van der Waals surface area contributed by atoms with Crippen LogP contribution < -0.4 is 4.90 Å². The van der Waals surface area contributed by atoms with E-state index < -0.39 is 0 Å². The second kappa shape index (κ2) is 5.32. The van der Waals surface area contributed by atoms with Gasteiger partial charge in [-0.05, 0) is 24.5 Å².